The van der Waals surface area contributed by atoms with Gasteiger partial charge in [-0.3, -0.25) is 0 Å². The first-order valence-electron chi connectivity index (χ1n) is 7.00. The first-order valence-corrected chi connectivity index (χ1v) is 7.00. The fourth-order valence-corrected chi connectivity index (χ4v) is 2.52. The van der Waals surface area contributed by atoms with Gasteiger partial charge in [-0.05, 0) is 25.3 Å². The normalized spacial score (nSPS) is 23.2. The lowest BCUT2D eigenvalue weighted by Gasteiger charge is -2.39. The fraction of sp³-hybridized carbons (Fsp3) is 1.00. The van der Waals surface area contributed by atoms with Crippen LogP contribution in [0.25, 0.3) is 0 Å². The van der Waals surface area contributed by atoms with E-state index in [9.17, 15) is 0 Å². The second-order valence-corrected chi connectivity index (χ2v) is 5.85. The molecule has 0 spiro atoms. The molecule has 0 aromatic carbocycles. The monoisotopic (exact) mass is 226 g/mol. The lowest BCUT2D eigenvalue weighted by Crippen LogP contribution is -2.48. The Morgan fingerprint density at radius 2 is 1.69 bits per heavy atom. The van der Waals surface area contributed by atoms with Crippen LogP contribution in [-0.2, 0) is 0 Å². The highest BCUT2D eigenvalue weighted by Gasteiger charge is 2.26. The Morgan fingerprint density at radius 3 is 2.19 bits per heavy atom. The summed E-state index contributed by atoms with van der Waals surface area (Å²) >= 11 is 0. The van der Waals surface area contributed by atoms with E-state index >= 15 is 0 Å². The zero-order valence-corrected chi connectivity index (χ0v) is 11.8. The molecular formula is C14H30N2. The summed E-state index contributed by atoms with van der Waals surface area (Å²) < 4.78 is 0. The van der Waals surface area contributed by atoms with E-state index in [1.165, 1.54) is 58.4 Å². The van der Waals surface area contributed by atoms with Gasteiger partial charge in [0.05, 0.1) is 0 Å². The van der Waals surface area contributed by atoms with Gasteiger partial charge in [0.2, 0.25) is 0 Å². The molecule has 0 radical (unpaired) electrons. The maximum atomic E-state index is 2.67. The largest absolute Gasteiger partial charge is 0.304 e. The van der Waals surface area contributed by atoms with E-state index in [4.69, 9.17) is 0 Å². The topological polar surface area (TPSA) is 6.48 Å². The average molecular weight is 226 g/mol. The SMILES string of the molecule is CCCCC(C)(CC)CN1CCN(C)CC1. The van der Waals surface area contributed by atoms with Crippen LogP contribution in [0.15, 0.2) is 0 Å². The van der Waals surface area contributed by atoms with Gasteiger partial charge in [0, 0.05) is 32.7 Å². The number of rotatable bonds is 6. The van der Waals surface area contributed by atoms with Crippen molar-refractivity contribution < 1.29 is 0 Å². The smallest absolute Gasteiger partial charge is 0.0110 e. The summed E-state index contributed by atoms with van der Waals surface area (Å²) in [6.45, 7) is 13.4. The Hall–Kier alpha value is -0.0800. The number of piperazine rings is 1. The van der Waals surface area contributed by atoms with Gasteiger partial charge in [-0.15, -0.1) is 0 Å². The molecular weight excluding hydrogens is 196 g/mol. The Morgan fingerprint density at radius 1 is 1.06 bits per heavy atom. The first kappa shape index (κ1) is 14.0. The zero-order chi connectivity index (χ0) is 12.0. The lowest BCUT2D eigenvalue weighted by molar-refractivity contribution is 0.0948. The highest BCUT2D eigenvalue weighted by atomic mass is 15.2. The van der Waals surface area contributed by atoms with E-state index in [0.717, 1.165) is 0 Å². The fourth-order valence-electron chi connectivity index (χ4n) is 2.52. The van der Waals surface area contributed by atoms with Gasteiger partial charge < -0.3 is 9.80 Å². The van der Waals surface area contributed by atoms with Gasteiger partial charge in [0.1, 0.15) is 0 Å². The molecule has 2 heteroatoms. The molecule has 1 saturated heterocycles. The van der Waals surface area contributed by atoms with Crippen LogP contribution in [0.4, 0.5) is 0 Å². The maximum Gasteiger partial charge on any atom is 0.0110 e. The third-order valence-corrected chi connectivity index (χ3v) is 4.19. The van der Waals surface area contributed by atoms with Crippen molar-refractivity contribution in [2.24, 2.45) is 5.41 Å². The summed E-state index contributed by atoms with van der Waals surface area (Å²) in [7, 11) is 2.23. The van der Waals surface area contributed by atoms with E-state index in [2.05, 4.69) is 37.6 Å². The highest BCUT2D eigenvalue weighted by molar-refractivity contribution is 4.80. The van der Waals surface area contributed by atoms with E-state index in [0.29, 0.717) is 5.41 Å². The molecule has 1 aliphatic rings. The second kappa shape index (κ2) is 6.61. The molecule has 1 fully saturated rings. The van der Waals surface area contributed by atoms with Crippen LogP contribution >= 0.6 is 0 Å². The average Bonchev–Trinajstić information content (AvgIpc) is 2.30. The van der Waals surface area contributed by atoms with Gasteiger partial charge in [-0.25, -0.2) is 0 Å². The molecule has 96 valence electrons. The van der Waals surface area contributed by atoms with E-state index in [-0.39, 0.29) is 0 Å². The van der Waals surface area contributed by atoms with E-state index in [1.54, 1.807) is 0 Å². The van der Waals surface area contributed by atoms with Gasteiger partial charge in [-0.2, -0.15) is 0 Å². The van der Waals surface area contributed by atoms with Crippen molar-refractivity contribution >= 4 is 0 Å². The summed E-state index contributed by atoms with van der Waals surface area (Å²) in [6, 6.07) is 0. The molecule has 1 atom stereocenters. The van der Waals surface area contributed by atoms with Gasteiger partial charge in [-0.1, -0.05) is 33.6 Å². The molecule has 0 aliphatic carbocycles. The minimum atomic E-state index is 0.548. The zero-order valence-electron chi connectivity index (χ0n) is 11.8. The summed E-state index contributed by atoms with van der Waals surface area (Å²) in [5, 5.41) is 0. The highest BCUT2D eigenvalue weighted by Crippen LogP contribution is 2.29. The lowest BCUT2D eigenvalue weighted by atomic mass is 9.81. The number of unbranched alkanes of at least 4 members (excludes halogenated alkanes) is 1. The van der Waals surface area contributed by atoms with E-state index < -0.39 is 0 Å². The molecule has 1 heterocycles. The minimum Gasteiger partial charge on any atom is -0.304 e. The van der Waals surface area contributed by atoms with Crippen LogP contribution in [0.5, 0.6) is 0 Å². The Bertz CT molecular complexity index is 185. The molecule has 16 heavy (non-hydrogen) atoms. The number of likely N-dealkylation sites (N-methyl/N-ethyl adjacent to an activating group) is 1. The second-order valence-electron chi connectivity index (χ2n) is 5.85. The summed E-state index contributed by atoms with van der Waals surface area (Å²) in [4.78, 5) is 5.10. The van der Waals surface area contributed by atoms with Gasteiger partial charge in [0.15, 0.2) is 0 Å². The van der Waals surface area contributed by atoms with Crippen LogP contribution < -0.4 is 0 Å². The molecule has 0 N–H and O–H groups in total. The Balaban J connectivity index is 2.36. The quantitative estimate of drug-likeness (QED) is 0.687. The van der Waals surface area contributed by atoms with Crippen molar-refractivity contribution in [3.63, 3.8) is 0 Å². The number of hydrogen-bond donors (Lipinski definition) is 0. The molecule has 0 aromatic rings. The molecule has 1 rings (SSSR count). The standard InChI is InChI=1S/C14H30N2/c1-5-7-8-14(3,6-2)13-16-11-9-15(4)10-12-16/h5-13H2,1-4H3. The minimum absolute atomic E-state index is 0.548. The van der Waals surface area contributed by atoms with Crippen LogP contribution in [0.3, 0.4) is 0 Å². The first-order chi connectivity index (χ1) is 7.59. The predicted octanol–water partition coefficient (Wildman–Crippen LogP) is 2.84. The molecule has 0 saturated carbocycles. The molecule has 0 bridgehead atoms. The molecule has 0 amide bonds. The van der Waals surface area contributed by atoms with Crippen LogP contribution in [0, 0.1) is 5.41 Å². The van der Waals surface area contributed by atoms with Crippen molar-refractivity contribution in [2.45, 2.75) is 46.5 Å². The Labute approximate surface area is 102 Å². The van der Waals surface area contributed by atoms with Crippen molar-refractivity contribution in [1.29, 1.82) is 0 Å². The molecule has 1 unspecified atom stereocenters. The van der Waals surface area contributed by atoms with Crippen molar-refractivity contribution in [1.82, 2.24) is 9.80 Å². The molecule has 0 aromatic heterocycles. The summed E-state index contributed by atoms with van der Waals surface area (Å²) in [6.07, 6.45) is 5.43. The van der Waals surface area contributed by atoms with Gasteiger partial charge >= 0.3 is 0 Å². The maximum absolute atomic E-state index is 2.67. The predicted molar refractivity (Wildman–Crippen MR) is 71.9 cm³/mol. The number of hydrogen-bond acceptors (Lipinski definition) is 2. The molecule has 1 aliphatic heterocycles. The van der Waals surface area contributed by atoms with Crippen molar-refractivity contribution in [3.05, 3.63) is 0 Å². The molecule has 2 nitrogen and oxygen atoms in total. The summed E-state index contributed by atoms with van der Waals surface area (Å²) in [5.41, 5.74) is 0.548. The van der Waals surface area contributed by atoms with Crippen LogP contribution in [-0.4, -0.2) is 49.6 Å². The van der Waals surface area contributed by atoms with Crippen LogP contribution in [0.1, 0.15) is 46.5 Å². The third kappa shape index (κ3) is 4.42. The van der Waals surface area contributed by atoms with Crippen molar-refractivity contribution in [3.8, 4) is 0 Å². The van der Waals surface area contributed by atoms with Crippen LogP contribution in [0.2, 0.25) is 0 Å². The number of nitrogens with zero attached hydrogens (tertiary/aromatic N) is 2. The van der Waals surface area contributed by atoms with Crippen molar-refractivity contribution in [2.75, 3.05) is 39.8 Å². The Kier molecular flexibility index (Phi) is 5.77. The van der Waals surface area contributed by atoms with Gasteiger partial charge in [0.25, 0.3) is 0 Å². The van der Waals surface area contributed by atoms with E-state index in [1.807, 2.05) is 0 Å². The summed E-state index contributed by atoms with van der Waals surface area (Å²) in [5.74, 6) is 0. The third-order valence-electron chi connectivity index (χ3n) is 4.19.